The zero-order valence-electron chi connectivity index (χ0n) is 7.42. The van der Waals surface area contributed by atoms with E-state index < -0.39 is 17.8 Å². The van der Waals surface area contributed by atoms with Crippen LogP contribution >= 0.6 is 15.9 Å². The van der Waals surface area contributed by atoms with Crippen LogP contribution in [0.25, 0.3) is 0 Å². The molecule has 0 saturated heterocycles. The number of nitrogen functional groups attached to an aromatic ring is 1. The van der Waals surface area contributed by atoms with E-state index in [-0.39, 0.29) is 12.4 Å². The lowest BCUT2D eigenvalue weighted by Gasteiger charge is -2.08. The number of anilines is 1. The minimum Gasteiger partial charge on any atom is -0.479 e. The average molecular weight is 278 g/mol. The summed E-state index contributed by atoms with van der Waals surface area (Å²) in [7, 11) is 0. The van der Waals surface area contributed by atoms with Crippen molar-refractivity contribution in [3.63, 3.8) is 0 Å². The topological polar surface area (TPSA) is 118 Å². The molecule has 15 heavy (non-hydrogen) atoms. The first kappa shape index (κ1) is 11.7. The summed E-state index contributed by atoms with van der Waals surface area (Å²) in [6.07, 6.45) is -0.378. The largest absolute Gasteiger partial charge is 0.479 e. The maximum atomic E-state index is 11.2. The van der Waals surface area contributed by atoms with Crippen molar-refractivity contribution in [2.75, 3.05) is 5.73 Å². The molecule has 1 aromatic rings. The lowest BCUT2D eigenvalue weighted by atomic mass is 10.3. The molecule has 7 nitrogen and oxygen atoms in total. The molecule has 0 aromatic carbocycles. The summed E-state index contributed by atoms with van der Waals surface area (Å²) < 4.78 is 1.32. The van der Waals surface area contributed by atoms with Gasteiger partial charge in [0.05, 0.1) is 11.0 Å². The van der Waals surface area contributed by atoms with Crippen LogP contribution in [0.3, 0.4) is 0 Å². The standard InChI is InChI=1S/C7H8BrN3O4/c8-3-1-11(2-4(12)6(13)14)7(15)10-5(3)9/h1,4,12H,2H2,(H,13,14)(H2,9,10,15)/t4-/m1/s1. The molecule has 0 aliphatic heterocycles. The van der Waals surface area contributed by atoms with Crippen LogP contribution < -0.4 is 11.4 Å². The number of aliphatic carboxylic acids is 1. The highest BCUT2D eigenvalue weighted by Gasteiger charge is 2.15. The van der Waals surface area contributed by atoms with E-state index in [4.69, 9.17) is 15.9 Å². The van der Waals surface area contributed by atoms with Crippen LogP contribution in [0.5, 0.6) is 0 Å². The smallest absolute Gasteiger partial charge is 0.349 e. The van der Waals surface area contributed by atoms with Crippen LogP contribution in [0.1, 0.15) is 0 Å². The number of hydrogen-bond acceptors (Lipinski definition) is 5. The molecular formula is C7H8BrN3O4. The van der Waals surface area contributed by atoms with E-state index in [0.717, 1.165) is 4.57 Å². The first-order valence-corrected chi connectivity index (χ1v) is 4.64. The minimum atomic E-state index is -1.65. The molecule has 0 spiro atoms. The highest BCUT2D eigenvalue weighted by molar-refractivity contribution is 9.10. The Balaban J connectivity index is 3.01. The van der Waals surface area contributed by atoms with Gasteiger partial charge in [-0.15, -0.1) is 0 Å². The van der Waals surface area contributed by atoms with Gasteiger partial charge in [0.15, 0.2) is 6.10 Å². The number of halogens is 1. The molecule has 1 rings (SSSR count). The Kier molecular flexibility index (Phi) is 3.43. The third-order valence-electron chi connectivity index (χ3n) is 1.63. The second kappa shape index (κ2) is 4.41. The molecular weight excluding hydrogens is 270 g/mol. The van der Waals surface area contributed by atoms with Gasteiger partial charge in [-0.2, -0.15) is 4.98 Å². The normalized spacial score (nSPS) is 12.4. The van der Waals surface area contributed by atoms with Gasteiger partial charge in [-0.05, 0) is 15.9 Å². The third-order valence-corrected chi connectivity index (χ3v) is 2.24. The van der Waals surface area contributed by atoms with E-state index in [1.165, 1.54) is 6.20 Å². The van der Waals surface area contributed by atoms with Crippen LogP contribution in [0.2, 0.25) is 0 Å². The number of hydrogen-bond donors (Lipinski definition) is 3. The summed E-state index contributed by atoms with van der Waals surface area (Å²) in [5.41, 5.74) is 4.62. The molecule has 82 valence electrons. The summed E-state index contributed by atoms with van der Waals surface area (Å²) in [4.78, 5) is 25.0. The molecule has 0 saturated carbocycles. The number of nitrogens with two attached hydrogens (primary N) is 1. The van der Waals surface area contributed by atoms with Crippen molar-refractivity contribution in [2.45, 2.75) is 12.6 Å². The van der Waals surface area contributed by atoms with E-state index in [2.05, 4.69) is 20.9 Å². The van der Waals surface area contributed by atoms with Crippen molar-refractivity contribution in [1.29, 1.82) is 0 Å². The Hall–Kier alpha value is -1.41. The van der Waals surface area contributed by atoms with Crippen LogP contribution in [0.15, 0.2) is 15.5 Å². The van der Waals surface area contributed by atoms with Crippen LogP contribution in [-0.4, -0.2) is 31.8 Å². The second-order valence-corrected chi connectivity index (χ2v) is 3.62. The molecule has 1 heterocycles. The van der Waals surface area contributed by atoms with E-state index in [9.17, 15) is 9.59 Å². The van der Waals surface area contributed by atoms with Gasteiger partial charge in [0, 0.05) is 6.20 Å². The van der Waals surface area contributed by atoms with E-state index in [1.807, 2.05) is 0 Å². The van der Waals surface area contributed by atoms with Crippen molar-refractivity contribution in [3.8, 4) is 0 Å². The molecule has 0 unspecified atom stereocenters. The second-order valence-electron chi connectivity index (χ2n) is 2.76. The van der Waals surface area contributed by atoms with E-state index in [0.29, 0.717) is 4.47 Å². The van der Waals surface area contributed by atoms with Gasteiger partial charge in [0.1, 0.15) is 5.82 Å². The fraction of sp³-hybridized carbons (Fsp3) is 0.286. The van der Waals surface area contributed by atoms with Crippen molar-refractivity contribution >= 4 is 27.7 Å². The SMILES string of the molecule is Nc1nc(=O)n(C[C@@H](O)C(=O)O)cc1Br. The fourth-order valence-corrected chi connectivity index (χ4v) is 1.21. The predicted octanol–water partition coefficient (Wildman–Crippen LogP) is -0.966. The lowest BCUT2D eigenvalue weighted by Crippen LogP contribution is -2.32. The Morgan fingerprint density at radius 1 is 1.73 bits per heavy atom. The summed E-state index contributed by atoms with van der Waals surface area (Å²) in [6, 6.07) is 0. The highest BCUT2D eigenvalue weighted by atomic mass is 79.9. The first-order valence-electron chi connectivity index (χ1n) is 3.85. The van der Waals surface area contributed by atoms with Crippen LogP contribution in [-0.2, 0) is 11.3 Å². The Morgan fingerprint density at radius 3 is 2.87 bits per heavy atom. The molecule has 4 N–H and O–H groups in total. The average Bonchev–Trinajstić information content (AvgIpc) is 2.13. The van der Waals surface area contributed by atoms with Gasteiger partial charge in [-0.1, -0.05) is 0 Å². The lowest BCUT2D eigenvalue weighted by molar-refractivity contribution is -0.147. The number of aromatic nitrogens is 2. The minimum absolute atomic E-state index is 0.0149. The van der Waals surface area contributed by atoms with Gasteiger partial charge in [-0.25, -0.2) is 9.59 Å². The summed E-state index contributed by atoms with van der Waals surface area (Å²) in [6.45, 7) is -0.375. The zero-order chi connectivity index (χ0) is 11.6. The molecule has 0 bridgehead atoms. The summed E-state index contributed by atoms with van der Waals surface area (Å²) in [5.74, 6) is -1.39. The maximum absolute atomic E-state index is 11.2. The van der Waals surface area contributed by atoms with Gasteiger partial charge in [0.2, 0.25) is 0 Å². The Labute approximate surface area is 92.3 Å². The number of rotatable bonds is 3. The first-order chi connectivity index (χ1) is 6.91. The molecule has 0 fully saturated rings. The molecule has 0 amide bonds. The Bertz CT molecular complexity index is 444. The van der Waals surface area contributed by atoms with Crippen LogP contribution in [0, 0.1) is 0 Å². The van der Waals surface area contributed by atoms with Gasteiger partial charge < -0.3 is 15.9 Å². The maximum Gasteiger partial charge on any atom is 0.349 e. The van der Waals surface area contributed by atoms with E-state index in [1.54, 1.807) is 0 Å². The molecule has 0 radical (unpaired) electrons. The number of carboxylic acids is 1. The predicted molar refractivity (Wildman–Crippen MR) is 54.3 cm³/mol. The van der Waals surface area contributed by atoms with Crippen LogP contribution in [0.4, 0.5) is 5.82 Å². The zero-order valence-corrected chi connectivity index (χ0v) is 9.01. The summed E-state index contributed by atoms with van der Waals surface area (Å²) >= 11 is 3.03. The molecule has 1 aromatic heterocycles. The summed E-state index contributed by atoms with van der Waals surface area (Å²) in [5, 5.41) is 17.5. The number of nitrogens with zero attached hydrogens (tertiary/aromatic N) is 2. The molecule has 0 aliphatic carbocycles. The Morgan fingerprint density at radius 2 is 2.33 bits per heavy atom. The molecule has 8 heteroatoms. The van der Waals surface area contributed by atoms with Gasteiger partial charge in [-0.3, -0.25) is 4.57 Å². The number of aliphatic hydroxyl groups excluding tert-OH is 1. The molecule has 0 aliphatic rings. The van der Waals surface area contributed by atoms with E-state index >= 15 is 0 Å². The van der Waals surface area contributed by atoms with Crippen molar-refractivity contribution < 1.29 is 15.0 Å². The molecule has 1 atom stereocenters. The fourth-order valence-electron chi connectivity index (χ4n) is 0.874. The third kappa shape index (κ3) is 2.77. The van der Waals surface area contributed by atoms with Crippen molar-refractivity contribution in [2.24, 2.45) is 0 Å². The van der Waals surface area contributed by atoms with Crippen molar-refractivity contribution in [1.82, 2.24) is 9.55 Å². The van der Waals surface area contributed by atoms with Gasteiger partial charge in [0.25, 0.3) is 0 Å². The number of carboxylic acid groups (broad SMARTS) is 1. The highest BCUT2D eigenvalue weighted by Crippen LogP contribution is 2.12. The monoisotopic (exact) mass is 277 g/mol. The number of aliphatic hydroxyl groups is 1. The quantitative estimate of drug-likeness (QED) is 0.654. The van der Waals surface area contributed by atoms with Crippen molar-refractivity contribution in [3.05, 3.63) is 21.2 Å². The number of carbonyl (C=O) groups is 1. The van der Waals surface area contributed by atoms with Gasteiger partial charge >= 0.3 is 11.7 Å².